The number of anilines is 1. The van der Waals surface area contributed by atoms with Crippen molar-refractivity contribution in [2.45, 2.75) is 12.8 Å². The molecule has 0 aliphatic heterocycles. The molecular formula is C23H16F4N4O4S. The van der Waals surface area contributed by atoms with E-state index in [-0.39, 0.29) is 33.4 Å². The molecule has 0 fully saturated rings. The van der Waals surface area contributed by atoms with Gasteiger partial charge in [-0.25, -0.2) is 14.2 Å². The van der Waals surface area contributed by atoms with E-state index in [4.69, 9.17) is 0 Å². The van der Waals surface area contributed by atoms with Gasteiger partial charge in [-0.3, -0.25) is 18.7 Å². The number of nitrogens with one attached hydrogen (secondary N) is 1. The zero-order valence-electron chi connectivity index (χ0n) is 18.7. The van der Waals surface area contributed by atoms with Crippen molar-refractivity contribution in [3.63, 3.8) is 0 Å². The van der Waals surface area contributed by atoms with Crippen LogP contribution in [0.5, 0.6) is 5.75 Å². The third kappa shape index (κ3) is 4.79. The molecule has 36 heavy (non-hydrogen) atoms. The van der Waals surface area contributed by atoms with E-state index in [0.717, 1.165) is 28.0 Å². The predicted molar refractivity (Wildman–Crippen MR) is 124 cm³/mol. The normalized spacial score (nSPS) is 12.8. The monoisotopic (exact) mass is 520 g/mol. The molecule has 0 spiro atoms. The van der Waals surface area contributed by atoms with E-state index in [1.54, 1.807) is 0 Å². The van der Waals surface area contributed by atoms with Crippen LogP contribution in [0.4, 0.5) is 22.7 Å². The molecule has 1 aromatic carbocycles. The van der Waals surface area contributed by atoms with Crippen molar-refractivity contribution in [1.82, 2.24) is 14.1 Å². The highest BCUT2D eigenvalue weighted by atomic mass is 32.1. The van der Waals surface area contributed by atoms with Gasteiger partial charge in [-0.15, -0.1) is 24.5 Å². The number of fused-ring (bicyclic) bond motifs is 1. The second-order valence-corrected chi connectivity index (χ2v) is 8.54. The third-order valence-electron chi connectivity index (χ3n) is 5.28. The van der Waals surface area contributed by atoms with Crippen molar-refractivity contribution in [2.24, 2.45) is 14.1 Å². The standard InChI is InChI=1S/C23H16F4N4O4S/c1-11-4-6-16-19(20(33)31(3)22(34)30(16)2)13(11)9-18(32)29-21-28-15(10-36-21)12-5-7-17(14(24)8-12)35-23(25,26)27/h4-5,7-8,10H,1,9H2,2-3H3,(H,28,29,32). The molecule has 1 aliphatic rings. The summed E-state index contributed by atoms with van der Waals surface area (Å²) in [7, 11) is 2.81. The Labute approximate surface area is 203 Å². The highest BCUT2D eigenvalue weighted by Gasteiger charge is 2.32. The van der Waals surface area contributed by atoms with Gasteiger partial charge < -0.3 is 10.1 Å². The van der Waals surface area contributed by atoms with Gasteiger partial charge in [-0.1, -0.05) is 12.3 Å². The Hall–Kier alpha value is -4.22. The van der Waals surface area contributed by atoms with Crippen LogP contribution in [0.1, 0.15) is 6.42 Å². The van der Waals surface area contributed by atoms with Crippen LogP contribution in [-0.2, 0) is 18.9 Å². The summed E-state index contributed by atoms with van der Waals surface area (Å²) in [4.78, 5) is 41.9. The number of amides is 1. The fourth-order valence-electron chi connectivity index (χ4n) is 3.55. The van der Waals surface area contributed by atoms with Gasteiger partial charge in [0.05, 0.1) is 17.3 Å². The smallest absolute Gasteiger partial charge is 0.403 e. The van der Waals surface area contributed by atoms with E-state index in [1.807, 2.05) is 0 Å². The van der Waals surface area contributed by atoms with Crippen molar-refractivity contribution >= 4 is 33.7 Å². The fraction of sp³-hybridized carbons (Fsp3) is 0.174. The molecule has 0 unspecified atom stereocenters. The summed E-state index contributed by atoms with van der Waals surface area (Å²) in [5, 5.41) is 4.57. The molecule has 0 radical (unpaired) electrons. The molecule has 0 saturated carbocycles. The van der Waals surface area contributed by atoms with E-state index in [1.165, 1.54) is 36.2 Å². The van der Waals surface area contributed by atoms with Crippen molar-refractivity contribution in [1.29, 1.82) is 0 Å². The molecular weight excluding hydrogens is 504 g/mol. The number of aromatic nitrogens is 3. The van der Waals surface area contributed by atoms with Gasteiger partial charge in [0, 0.05) is 25.0 Å². The molecule has 0 bridgehead atoms. The number of carbonyl (C=O) groups excluding carboxylic acids is 1. The number of carbonyl (C=O) groups is 1. The largest absolute Gasteiger partial charge is 0.573 e. The van der Waals surface area contributed by atoms with Gasteiger partial charge in [0.1, 0.15) is 5.35 Å². The summed E-state index contributed by atoms with van der Waals surface area (Å²) < 4.78 is 56.8. The van der Waals surface area contributed by atoms with Crippen LogP contribution in [0, 0.1) is 5.82 Å². The highest BCUT2D eigenvalue weighted by Crippen LogP contribution is 2.31. The minimum Gasteiger partial charge on any atom is -0.403 e. The number of nitrogens with zero attached hydrogens (tertiary/aromatic N) is 3. The second-order valence-electron chi connectivity index (χ2n) is 7.68. The molecule has 4 rings (SSSR count). The van der Waals surface area contributed by atoms with Crippen molar-refractivity contribution < 1.29 is 27.1 Å². The Morgan fingerprint density at radius 2 is 1.97 bits per heavy atom. The Balaban J connectivity index is 1.59. The number of hydrogen-bond donors (Lipinski definition) is 1. The number of alkyl halides is 3. The van der Waals surface area contributed by atoms with E-state index in [0.29, 0.717) is 11.1 Å². The summed E-state index contributed by atoms with van der Waals surface area (Å²) in [6.45, 7) is 3.86. The Bertz CT molecular complexity index is 1710. The average Bonchev–Trinajstić information content (AvgIpc) is 3.26. The van der Waals surface area contributed by atoms with Crippen LogP contribution in [-0.4, -0.2) is 26.4 Å². The van der Waals surface area contributed by atoms with E-state index in [9.17, 15) is 31.9 Å². The molecule has 1 N–H and O–H groups in total. The highest BCUT2D eigenvalue weighted by molar-refractivity contribution is 7.14. The summed E-state index contributed by atoms with van der Waals surface area (Å²) >= 11 is 1.01. The van der Waals surface area contributed by atoms with Gasteiger partial charge in [0.15, 0.2) is 16.7 Å². The van der Waals surface area contributed by atoms with Gasteiger partial charge in [-0.2, -0.15) is 0 Å². The van der Waals surface area contributed by atoms with Crippen LogP contribution >= 0.6 is 11.3 Å². The predicted octanol–water partition coefficient (Wildman–Crippen LogP) is 1.93. The molecule has 0 atom stereocenters. The fourth-order valence-corrected chi connectivity index (χ4v) is 4.28. The van der Waals surface area contributed by atoms with Gasteiger partial charge in [0.25, 0.3) is 5.56 Å². The number of allylic oxidation sites excluding steroid dienone is 2. The topological polar surface area (TPSA) is 95.2 Å². The molecule has 1 aliphatic carbocycles. The van der Waals surface area contributed by atoms with E-state index in [2.05, 4.69) is 27.3 Å². The first kappa shape index (κ1) is 24.9. The first-order valence-corrected chi connectivity index (χ1v) is 11.0. The Morgan fingerprint density at radius 1 is 1.25 bits per heavy atom. The number of benzene rings is 1. The SMILES string of the molecule is C=C1C=C=c2c(c(=O)n(C)c(=O)n2C)=C1CC(=O)Nc1nc(-c2ccc(OC(F)(F)F)c(F)c2)cs1. The quantitative estimate of drug-likeness (QED) is 0.519. The van der Waals surface area contributed by atoms with Gasteiger partial charge in [0.2, 0.25) is 5.91 Å². The maximum atomic E-state index is 14.0. The molecule has 3 aromatic rings. The lowest BCUT2D eigenvalue weighted by molar-refractivity contribution is -0.275. The lowest BCUT2D eigenvalue weighted by Gasteiger charge is -2.12. The maximum Gasteiger partial charge on any atom is 0.573 e. The van der Waals surface area contributed by atoms with Crippen molar-refractivity contribution in [3.8, 4) is 17.0 Å². The van der Waals surface area contributed by atoms with Crippen molar-refractivity contribution in [2.75, 3.05) is 5.32 Å². The lowest BCUT2D eigenvalue weighted by atomic mass is 9.98. The van der Waals surface area contributed by atoms with E-state index < -0.39 is 35.1 Å². The summed E-state index contributed by atoms with van der Waals surface area (Å²) in [5.41, 5.74) is 2.80. The first-order valence-electron chi connectivity index (χ1n) is 10.1. The molecule has 1 amide bonds. The summed E-state index contributed by atoms with van der Waals surface area (Å²) in [6.07, 6.45) is -3.81. The lowest BCUT2D eigenvalue weighted by Crippen LogP contribution is -2.58. The minimum absolute atomic E-state index is 0.138. The number of ether oxygens (including phenoxy) is 1. The van der Waals surface area contributed by atoms with Crippen LogP contribution < -0.4 is 31.9 Å². The van der Waals surface area contributed by atoms with Crippen LogP contribution in [0.2, 0.25) is 0 Å². The summed E-state index contributed by atoms with van der Waals surface area (Å²) in [5.74, 6) is -2.74. The molecule has 186 valence electrons. The number of hydrogen-bond acceptors (Lipinski definition) is 6. The number of thiazole rings is 1. The van der Waals surface area contributed by atoms with Crippen LogP contribution in [0.15, 0.2) is 51.4 Å². The Morgan fingerprint density at radius 3 is 2.64 bits per heavy atom. The molecule has 2 heterocycles. The van der Waals surface area contributed by atoms with Crippen LogP contribution in [0.3, 0.4) is 0 Å². The van der Waals surface area contributed by atoms with Gasteiger partial charge in [-0.05, 0) is 35.4 Å². The van der Waals surface area contributed by atoms with Gasteiger partial charge >= 0.3 is 12.1 Å². The first-order chi connectivity index (χ1) is 16.9. The zero-order chi connectivity index (χ0) is 26.4. The molecule has 13 heteroatoms. The molecule has 0 saturated heterocycles. The number of halogens is 4. The maximum absolute atomic E-state index is 14.0. The average molecular weight is 520 g/mol. The van der Waals surface area contributed by atoms with E-state index >= 15 is 0 Å². The zero-order valence-corrected chi connectivity index (χ0v) is 19.5. The number of rotatable bonds is 5. The third-order valence-corrected chi connectivity index (χ3v) is 6.04. The Kier molecular flexibility index (Phi) is 6.29. The second kappa shape index (κ2) is 9.10. The summed E-state index contributed by atoms with van der Waals surface area (Å²) in [6, 6.07) is 2.87. The van der Waals surface area contributed by atoms with Crippen molar-refractivity contribution in [3.05, 3.63) is 79.0 Å². The molecule has 8 nitrogen and oxygen atoms in total. The minimum atomic E-state index is -5.03. The molecule has 2 aromatic heterocycles. The van der Waals surface area contributed by atoms with Crippen LogP contribution in [0.25, 0.3) is 22.6 Å².